The predicted octanol–water partition coefficient (Wildman–Crippen LogP) is 3.84. The number of ether oxygens (including phenoxy) is 1. The first-order valence-corrected chi connectivity index (χ1v) is 6.71. The van der Waals surface area contributed by atoms with Gasteiger partial charge >= 0.3 is 0 Å². The molecule has 0 aromatic heterocycles. The van der Waals surface area contributed by atoms with E-state index in [1.54, 1.807) is 0 Å². The van der Waals surface area contributed by atoms with Crippen LogP contribution in [-0.4, -0.2) is 6.61 Å². The zero-order chi connectivity index (χ0) is 11.9. The second kappa shape index (κ2) is 3.96. The van der Waals surface area contributed by atoms with Gasteiger partial charge in [0.25, 0.3) is 0 Å². The maximum absolute atomic E-state index is 6.02. The Morgan fingerprint density at radius 3 is 2.33 bits per heavy atom. The second-order valence-corrected chi connectivity index (χ2v) is 5.26. The van der Waals surface area contributed by atoms with E-state index in [2.05, 4.69) is 48.5 Å². The molecule has 2 atom stereocenters. The van der Waals surface area contributed by atoms with E-state index >= 15 is 0 Å². The van der Waals surface area contributed by atoms with E-state index in [-0.39, 0.29) is 6.10 Å². The lowest BCUT2D eigenvalue weighted by Crippen LogP contribution is -2.05. The normalized spacial score (nSPS) is 24.9. The standard InChI is InChI=1S/C17H16O/c1-3-7-14-12(5-1)11-13-6-2-4-8-15(13)17-16(14)9-10-18-17/h1-8,16-17H,9-11H2. The molecule has 4 rings (SSSR count). The molecule has 2 unspecified atom stereocenters. The van der Waals surface area contributed by atoms with Crippen molar-refractivity contribution in [3.63, 3.8) is 0 Å². The monoisotopic (exact) mass is 236 g/mol. The van der Waals surface area contributed by atoms with Crippen LogP contribution in [0.2, 0.25) is 0 Å². The lowest BCUT2D eigenvalue weighted by atomic mass is 9.88. The third-order valence-electron chi connectivity index (χ3n) is 4.29. The van der Waals surface area contributed by atoms with E-state index in [9.17, 15) is 0 Å². The molecule has 1 aliphatic carbocycles. The first kappa shape index (κ1) is 10.3. The SMILES string of the molecule is c1ccc2c(c1)Cc1ccccc1C1OCCC21. The highest BCUT2D eigenvalue weighted by molar-refractivity contribution is 5.44. The summed E-state index contributed by atoms with van der Waals surface area (Å²) in [5.41, 5.74) is 5.80. The number of benzene rings is 2. The minimum absolute atomic E-state index is 0.268. The first-order chi connectivity index (χ1) is 8.93. The predicted molar refractivity (Wildman–Crippen MR) is 71.7 cm³/mol. The summed E-state index contributed by atoms with van der Waals surface area (Å²) in [5, 5.41) is 0. The second-order valence-electron chi connectivity index (χ2n) is 5.26. The zero-order valence-corrected chi connectivity index (χ0v) is 10.3. The molecule has 2 aromatic carbocycles. The Morgan fingerprint density at radius 1 is 0.833 bits per heavy atom. The third-order valence-corrected chi connectivity index (χ3v) is 4.29. The Hall–Kier alpha value is -1.60. The first-order valence-electron chi connectivity index (χ1n) is 6.71. The molecule has 1 saturated heterocycles. The van der Waals surface area contributed by atoms with Crippen LogP contribution in [0.15, 0.2) is 48.5 Å². The van der Waals surface area contributed by atoms with Gasteiger partial charge in [-0.2, -0.15) is 0 Å². The highest BCUT2D eigenvalue weighted by Gasteiger charge is 2.35. The average Bonchev–Trinajstić information content (AvgIpc) is 2.84. The van der Waals surface area contributed by atoms with E-state index < -0.39 is 0 Å². The maximum Gasteiger partial charge on any atom is 0.0897 e. The maximum atomic E-state index is 6.02. The van der Waals surface area contributed by atoms with E-state index in [4.69, 9.17) is 4.74 Å². The zero-order valence-electron chi connectivity index (χ0n) is 10.3. The molecule has 2 aliphatic rings. The molecule has 0 spiro atoms. The van der Waals surface area contributed by atoms with Gasteiger partial charge in [-0.1, -0.05) is 48.5 Å². The van der Waals surface area contributed by atoms with E-state index in [1.807, 2.05) is 0 Å². The summed E-state index contributed by atoms with van der Waals surface area (Å²) in [7, 11) is 0. The molecule has 1 aliphatic heterocycles. The Balaban J connectivity index is 1.95. The van der Waals surface area contributed by atoms with Crippen molar-refractivity contribution in [3.8, 4) is 0 Å². The molecule has 0 bridgehead atoms. The summed E-state index contributed by atoms with van der Waals surface area (Å²) in [6, 6.07) is 17.6. The Kier molecular flexibility index (Phi) is 2.27. The third kappa shape index (κ3) is 1.44. The molecule has 0 saturated carbocycles. The molecule has 2 aromatic rings. The van der Waals surface area contributed by atoms with E-state index in [0.717, 1.165) is 19.4 Å². The molecule has 90 valence electrons. The Labute approximate surface area is 107 Å². The minimum Gasteiger partial charge on any atom is -0.373 e. The van der Waals surface area contributed by atoms with Crippen LogP contribution in [0.3, 0.4) is 0 Å². The lowest BCUT2D eigenvalue weighted by Gasteiger charge is -2.19. The fourth-order valence-electron chi connectivity index (χ4n) is 3.45. The van der Waals surface area contributed by atoms with Crippen molar-refractivity contribution in [2.24, 2.45) is 0 Å². The van der Waals surface area contributed by atoms with Crippen LogP contribution in [0.5, 0.6) is 0 Å². The van der Waals surface area contributed by atoms with Gasteiger partial charge < -0.3 is 4.74 Å². The van der Waals surface area contributed by atoms with Crippen LogP contribution in [0.4, 0.5) is 0 Å². The minimum atomic E-state index is 0.268. The van der Waals surface area contributed by atoms with Crippen LogP contribution >= 0.6 is 0 Å². The number of hydrogen-bond acceptors (Lipinski definition) is 1. The van der Waals surface area contributed by atoms with Crippen molar-refractivity contribution in [1.82, 2.24) is 0 Å². The average molecular weight is 236 g/mol. The summed E-state index contributed by atoms with van der Waals surface area (Å²) < 4.78 is 6.02. The van der Waals surface area contributed by atoms with Gasteiger partial charge in [0.05, 0.1) is 6.10 Å². The fourth-order valence-corrected chi connectivity index (χ4v) is 3.45. The molecule has 0 amide bonds. The van der Waals surface area contributed by atoms with Crippen molar-refractivity contribution in [1.29, 1.82) is 0 Å². The summed E-state index contributed by atoms with van der Waals surface area (Å²) in [6.45, 7) is 0.887. The molecule has 0 N–H and O–H groups in total. The van der Waals surface area contributed by atoms with Crippen LogP contribution in [0.25, 0.3) is 0 Å². The largest absolute Gasteiger partial charge is 0.373 e. The van der Waals surface area contributed by atoms with Crippen molar-refractivity contribution in [2.45, 2.75) is 24.9 Å². The number of rotatable bonds is 0. The highest BCUT2D eigenvalue weighted by Crippen LogP contribution is 2.46. The molecular formula is C17H16O. The number of hydrogen-bond donors (Lipinski definition) is 0. The summed E-state index contributed by atoms with van der Waals surface area (Å²) in [5.74, 6) is 0.546. The van der Waals surface area contributed by atoms with Gasteiger partial charge in [-0.15, -0.1) is 0 Å². The van der Waals surface area contributed by atoms with Gasteiger partial charge in [0, 0.05) is 12.5 Å². The number of fused-ring (bicyclic) bond motifs is 5. The van der Waals surface area contributed by atoms with Crippen LogP contribution in [-0.2, 0) is 11.2 Å². The topological polar surface area (TPSA) is 9.23 Å². The van der Waals surface area contributed by atoms with Gasteiger partial charge in [0.1, 0.15) is 0 Å². The molecule has 1 heterocycles. The molecule has 18 heavy (non-hydrogen) atoms. The van der Waals surface area contributed by atoms with Crippen molar-refractivity contribution in [3.05, 3.63) is 70.8 Å². The fraction of sp³-hybridized carbons (Fsp3) is 0.294. The molecule has 1 fully saturated rings. The van der Waals surface area contributed by atoms with Crippen molar-refractivity contribution >= 4 is 0 Å². The quantitative estimate of drug-likeness (QED) is 0.675. The van der Waals surface area contributed by atoms with E-state index in [0.29, 0.717) is 5.92 Å². The van der Waals surface area contributed by atoms with Gasteiger partial charge in [0.15, 0.2) is 0 Å². The summed E-state index contributed by atoms with van der Waals surface area (Å²) in [6.07, 6.45) is 2.46. The highest BCUT2D eigenvalue weighted by atomic mass is 16.5. The smallest absolute Gasteiger partial charge is 0.0897 e. The van der Waals surface area contributed by atoms with Gasteiger partial charge in [0.2, 0.25) is 0 Å². The molecule has 0 radical (unpaired) electrons. The van der Waals surface area contributed by atoms with Crippen LogP contribution in [0.1, 0.15) is 40.7 Å². The van der Waals surface area contributed by atoms with Gasteiger partial charge in [-0.25, -0.2) is 0 Å². The van der Waals surface area contributed by atoms with Gasteiger partial charge in [-0.05, 0) is 35.1 Å². The summed E-state index contributed by atoms with van der Waals surface area (Å²) in [4.78, 5) is 0. The van der Waals surface area contributed by atoms with Crippen LogP contribution < -0.4 is 0 Å². The molecule has 1 nitrogen and oxygen atoms in total. The van der Waals surface area contributed by atoms with Gasteiger partial charge in [-0.3, -0.25) is 0 Å². The Morgan fingerprint density at radius 2 is 1.50 bits per heavy atom. The van der Waals surface area contributed by atoms with Crippen molar-refractivity contribution < 1.29 is 4.74 Å². The molecular weight excluding hydrogens is 220 g/mol. The van der Waals surface area contributed by atoms with Crippen LogP contribution in [0, 0.1) is 0 Å². The Bertz CT molecular complexity index is 536. The van der Waals surface area contributed by atoms with E-state index in [1.165, 1.54) is 22.3 Å². The van der Waals surface area contributed by atoms with Crippen molar-refractivity contribution in [2.75, 3.05) is 6.61 Å². The lowest BCUT2D eigenvalue weighted by molar-refractivity contribution is 0.104. The summed E-state index contributed by atoms with van der Waals surface area (Å²) >= 11 is 0. The molecule has 1 heteroatoms.